The molecule has 1 unspecified atom stereocenters. The van der Waals surface area contributed by atoms with E-state index in [1.165, 1.54) is 11.3 Å². The lowest BCUT2D eigenvalue weighted by Crippen LogP contribution is -2.39. The highest BCUT2D eigenvalue weighted by atomic mass is 35.5. The van der Waals surface area contributed by atoms with Gasteiger partial charge in [0.25, 0.3) is 0 Å². The molecule has 0 saturated heterocycles. The van der Waals surface area contributed by atoms with Gasteiger partial charge in [0.05, 0.1) is 4.34 Å². The van der Waals surface area contributed by atoms with E-state index in [-0.39, 0.29) is 0 Å². The van der Waals surface area contributed by atoms with Gasteiger partial charge >= 0.3 is 0 Å². The SMILES string of the molecule is CCC(C)(CNC)CN(C)Cc1ccc(Cl)s1. The first-order valence-electron chi connectivity index (χ1n) is 6.06. The molecule has 0 bridgehead atoms. The molecule has 98 valence electrons. The molecule has 0 amide bonds. The molecule has 0 aliphatic carbocycles. The van der Waals surface area contributed by atoms with Crippen molar-refractivity contribution in [3.63, 3.8) is 0 Å². The molecule has 1 N–H and O–H groups in total. The van der Waals surface area contributed by atoms with Crippen LogP contribution >= 0.6 is 22.9 Å². The van der Waals surface area contributed by atoms with Crippen LogP contribution < -0.4 is 5.32 Å². The summed E-state index contributed by atoms with van der Waals surface area (Å²) >= 11 is 7.62. The molecular weight excluding hydrogens is 252 g/mol. The van der Waals surface area contributed by atoms with E-state index in [0.29, 0.717) is 5.41 Å². The van der Waals surface area contributed by atoms with Crippen LogP contribution in [0.2, 0.25) is 4.34 Å². The Morgan fingerprint density at radius 1 is 1.47 bits per heavy atom. The Balaban J connectivity index is 2.50. The van der Waals surface area contributed by atoms with Crippen molar-refractivity contribution < 1.29 is 0 Å². The predicted octanol–water partition coefficient (Wildman–Crippen LogP) is 3.47. The third kappa shape index (κ3) is 4.96. The zero-order chi connectivity index (χ0) is 12.9. The first-order valence-corrected chi connectivity index (χ1v) is 7.26. The lowest BCUT2D eigenvalue weighted by atomic mass is 9.87. The van der Waals surface area contributed by atoms with Crippen molar-refractivity contribution in [3.8, 4) is 0 Å². The van der Waals surface area contributed by atoms with Gasteiger partial charge in [-0.05, 0) is 38.1 Å². The molecule has 0 saturated carbocycles. The van der Waals surface area contributed by atoms with E-state index in [2.05, 4.69) is 37.2 Å². The molecule has 2 nitrogen and oxygen atoms in total. The van der Waals surface area contributed by atoms with Crippen LogP contribution in [0.25, 0.3) is 0 Å². The molecule has 0 aliphatic heterocycles. The fraction of sp³-hybridized carbons (Fsp3) is 0.692. The fourth-order valence-corrected chi connectivity index (χ4v) is 3.30. The first-order chi connectivity index (χ1) is 7.99. The van der Waals surface area contributed by atoms with Crippen molar-refractivity contribution in [1.82, 2.24) is 10.2 Å². The highest BCUT2D eigenvalue weighted by Gasteiger charge is 2.23. The maximum absolute atomic E-state index is 5.94. The standard InChI is InChI=1S/C13H23ClN2S/c1-5-13(2,9-15-3)10-16(4)8-11-6-7-12(14)17-11/h6-7,15H,5,8-10H2,1-4H3. The Kier molecular flexibility index (Phi) is 5.93. The van der Waals surface area contributed by atoms with E-state index in [1.54, 1.807) is 11.3 Å². The average Bonchev–Trinajstić information content (AvgIpc) is 2.64. The van der Waals surface area contributed by atoms with E-state index >= 15 is 0 Å². The average molecular weight is 275 g/mol. The molecule has 1 aromatic heterocycles. The highest BCUT2D eigenvalue weighted by Crippen LogP contribution is 2.25. The summed E-state index contributed by atoms with van der Waals surface area (Å²) in [5.74, 6) is 0. The van der Waals surface area contributed by atoms with Gasteiger partial charge in [-0.3, -0.25) is 0 Å². The number of rotatable bonds is 7. The van der Waals surface area contributed by atoms with Crippen molar-refractivity contribution in [2.75, 3.05) is 27.2 Å². The van der Waals surface area contributed by atoms with Gasteiger partial charge in [-0.25, -0.2) is 0 Å². The zero-order valence-electron chi connectivity index (χ0n) is 11.2. The number of thiophene rings is 1. The van der Waals surface area contributed by atoms with Gasteiger partial charge in [0, 0.05) is 24.5 Å². The molecular formula is C13H23ClN2S. The summed E-state index contributed by atoms with van der Waals surface area (Å²) < 4.78 is 0.877. The summed E-state index contributed by atoms with van der Waals surface area (Å²) in [7, 11) is 4.20. The summed E-state index contributed by atoms with van der Waals surface area (Å²) in [6, 6.07) is 4.09. The van der Waals surface area contributed by atoms with Crippen LogP contribution in [0, 0.1) is 5.41 Å². The molecule has 17 heavy (non-hydrogen) atoms. The van der Waals surface area contributed by atoms with Crippen molar-refractivity contribution in [2.45, 2.75) is 26.8 Å². The Hall–Kier alpha value is -0.0900. The van der Waals surface area contributed by atoms with Crippen molar-refractivity contribution >= 4 is 22.9 Å². The summed E-state index contributed by atoms with van der Waals surface area (Å²) in [6.07, 6.45) is 1.18. The summed E-state index contributed by atoms with van der Waals surface area (Å²) in [5, 5.41) is 3.29. The quantitative estimate of drug-likeness (QED) is 0.819. The largest absolute Gasteiger partial charge is 0.319 e. The Bertz CT molecular complexity index is 340. The Morgan fingerprint density at radius 2 is 2.18 bits per heavy atom. The molecule has 0 radical (unpaired) electrons. The zero-order valence-corrected chi connectivity index (χ0v) is 12.8. The monoisotopic (exact) mass is 274 g/mol. The van der Waals surface area contributed by atoms with Crippen LogP contribution in [-0.2, 0) is 6.54 Å². The molecule has 4 heteroatoms. The maximum Gasteiger partial charge on any atom is 0.0931 e. The summed E-state index contributed by atoms with van der Waals surface area (Å²) in [5.41, 5.74) is 0.338. The van der Waals surface area contributed by atoms with Crippen LogP contribution in [0.4, 0.5) is 0 Å². The van der Waals surface area contributed by atoms with Crippen LogP contribution in [0.3, 0.4) is 0 Å². The lowest BCUT2D eigenvalue weighted by molar-refractivity contribution is 0.179. The highest BCUT2D eigenvalue weighted by molar-refractivity contribution is 7.16. The van der Waals surface area contributed by atoms with Crippen molar-refractivity contribution in [1.29, 1.82) is 0 Å². The normalized spacial score (nSPS) is 15.2. The van der Waals surface area contributed by atoms with E-state index in [4.69, 9.17) is 11.6 Å². The lowest BCUT2D eigenvalue weighted by Gasteiger charge is -2.32. The molecule has 0 fully saturated rings. The molecule has 0 aliphatic rings. The molecule has 1 rings (SSSR count). The minimum atomic E-state index is 0.338. The predicted molar refractivity (Wildman–Crippen MR) is 78.0 cm³/mol. The number of hydrogen-bond acceptors (Lipinski definition) is 3. The summed E-state index contributed by atoms with van der Waals surface area (Å²) in [4.78, 5) is 3.71. The van der Waals surface area contributed by atoms with Crippen LogP contribution in [0.15, 0.2) is 12.1 Å². The number of hydrogen-bond donors (Lipinski definition) is 1. The summed E-state index contributed by atoms with van der Waals surface area (Å²) in [6.45, 7) is 7.73. The van der Waals surface area contributed by atoms with Crippen molar-refractivity contribution in [3.05, 3.63) is 21.3 Å². The van der Waals surface area contributed by atoms with Gasteiger partial charge in [0.15, 0.2) is 0 Å². The van der Waals surface area contributed by atoms with Gasteiger partial charge in [-0.2, -0.15) is 0 Å². The molecule has 1 aromatic rings. The Labute approximate surface area is 114 Å². The third-order valence-electron chi connectivity index (χ3n) is 3.16. The Morgan fingerprint density at radius 3 is 2.65 bits per heavy atom. The fourth-order valence-electron chi connectivity index (χ4n) is 2.13. The minimum Gasteiger partial charge on any atom is -0.319 e. The van der Waals surface area contributed by atoms with Crippen LogP contribution in [0.1, 0.15) is 25.1 Å². The third-order valence-corrected chi connectivity index (χ3v) is 4.38. The second kappa shape index (κ2) is 6.74. The first kappa shape index (κ1) is 15.0. The van der Waals surface area contributed by atoms with E-state index in [1.807, 2.05) is 13.1 Å². The minimum absolute atomic E-state index is 0.338. The van der Waals surface area contributed by atoms with E-state index in [9.17, 15) is 0 Å². The molecule has 1 heterocycles. The van der Waals surface area contributed by atoms with Gasteiger partial charge < -0.3 is 10.2 Å². The molecule has 0 spiro atoms. The van der Waals surface area contributed by atoms with Gasteiger partial charge in [0.1, 0.15) is 0 Å². The smallest absolute Gasteiger partial charge is 0.0931 e. The van der Waals surface area contributed by atoms with Gasteiger partial charge in [0.2, 0.25) is 0 Å². The van der Waals surface area contributed by atoms with Crippen LogP contribution in [0.5, 0.6) is 0 Å². The van der Waals surface area contributed by atoms with E-state index in [0.717, 1.165) is 24.0 Å². The molecule has 0 aromatic carbocycles. The van der Waals surface area contributed by atoms with Crippen molar-refractivity contribution in [2.24, 2.45) is 5.41 Å². The van der Waals surface area contributed by atoms with Crippen LogP contribution in [-0.4, -0.2) is 32.1 Å². The number of nitrogens with one attached hydrogen (secondary N) is 1. The second-order valence-electron chi connectivity index (χ2n) is 5.07. The molecule has 1 atom stereocenters. The second-order valence-corrected chi connectivity index (χ2v) is 6.87. The number of halogens is 1. The van der Waals surface area contributed by atoms with Gasteiger partial charge in [-0.1, -0.05) is 25.4 Å². The number of nitrogens with zero attached hydrogens (tertiary/aromatic N) is 1. The van der Waals surface area contributed by atoms with Gasteiger partial charge in [-0.15, -0.1) is 11.3 Å². The van der Waals surface area contributed by atoms with E-state index < -0.39 is 0 Å². The topological polar surface area (TPSA) is 15.3 Å². The maximum atomic E-state index is 5.94.